The fourth-order valence-electron chi connectivity index (χ4n) is 2.48. The first-order valence-corrected chi connectivity index (χ1v) is 9.18. The van der Waals surface area contributed by atoms with Crippen LogP contribution >= 0.6 is 0 Å². The molecule has 0 spiro atoms. The van der Waals surface area contributed by atoms with E-state index in [1.807, 2.05) is 39.0 Å². The Kier molecular flexibility index (Phi) is 7.36. The molecule has 2 aromatic carbocycles. The summed E-state index contributed by atoms with van der Waals surface area (Å²) in [5.74, 6) is -0.626. The number of hydrogen-bond acceptors (Lipinski definition) is 5. The second kappa shape index (κ2) is 9.73. The van der Waals surface area contributed by atoms with Crippen LogP contribution in [0.25, 0.3) is 0 Å². The number of amides is 2. The number of esters is 1. The lowest BCUT2D eigenvalue weighted by Gasteiger charge is -2.20. The predicted molar refractivity (Wildman–Crippen MR) is 109 cm³/mol. The Morgan fingerprint density at radius 2 is 1.55 bits per heavy atom. The number of nitrogens with one attached hydrogen (secondary N) is 2. The Bertz CT molecular complexity index is 870. The molecular formula is C22H26N2O5. The molecule has 0 fully saturated rings. The highest BCUT2D eigenvalue weighted by Crippen LogP contribution is 2.16. The predicted octanol–water partition coefficient (Wildman–Crippen LogP) is 2.70. The summed E-state index contributed by atoms with van der Waals surface area (Å²) in [6, 6.07) is 13.4. The van der Waals surface area contributed by atoms with E-state index in [2.05, 4.69) is 10.6 Å². The summed E-state index contributed by atoms with van der Waals surface area (Å²) in [4.78, 5) is 36.2. The molecule has 29 heavy (non-hydrogen) atoms. The van der Waals surface area contributed by atoms with E-state index in [1.165, 1.54) is 12.1 Å². The third-order valence-electron chi connectivity index (χ3n) is 3.87. The van der Waals surface area contributed by atoms with Crippen molar-refractivity contribution < 1.29 is 23.9 Å². The number of rotatable bonds is 7. The lowest BCUT2D eigenvalue weighted by atomic mass is 10.1. The molecular weight excluding hydrogens is 372 g/mol. The van der Waals surface area contributed by atoms with Crippen molar-refractivity contribution in [3.63, 3.8) is 0 Å². The van der Waals surface area contributed by atoms with Crippen LogP contribution in [0.2, 0.25) is 0 Å². The summed E-state index contributed by atoms with van der Waals surface area (Å²) < 4.78 is 10.3. The van der Waals surface area contributed by atoms with Gasteiger partial charge in [0.15, 0.2) is 6.61 Å². The molecule has 0 saturated heterocycles. The van der Waals surface area contributed by atoms with Gasteiger partial charge in [0.25, 0.3) is 11.8 Å². The Morgan fingerprint density at radius 1 is 0.931 bits per heavy atom. The van der Waals surface area contributed by atoms with Crippen molar-refractivity contribution in [3.05, 3.63) is 65.2 Å². The molecule has 0 radical (unpaired) electrons. The van der Waals surface area contributed by atoms with E-state index in [4.69, 9.17) is 9.47 Å². The van der Waals surface area contributed by atoms with Gasteiger partial charge in [0.05, 0.1) is 12.7 Å². The summed E-state index contributed by atoms with van der Waals surface area (Å²) >= 11 is 0. The highest BCUT2D eigenvalue weighted by Gasteiger charge is 2.16. The third-order valence-corrected chi connectivity index (χ3v) is 3.87. The maximum Gasteiger partial charge on any atom is 0.338 e. The second-order valence-electron chi connectivity index (χ2n) is 7.45. The molecule has 2 rings (SSSR count). The van der Waals surface area contributed by atoms with Crippen LogP contribution < -0.4 is 15.4 Å². The first kappa shape index (κ1) is 21.9. The Balaban J connectivity index is 1.84. The fraction of sp³-hybridized carbons (Fsp3) is 0.318. The van der Waals surface area contributed by atoms with Crippen LogP contribution in [0.3, 0.4) is 0 Å². The molecule has 154 valence electrons. The molecule has 7 nitrogen and oxygen atoms in total. The van der Waals surface area contributed by atoms with Crippen molar-refractivity contribution in [2.45, 2.75) is 32.9 Å². The minimum Gasteiger partial charge on any atom is -0.496 e. The van der Waals surface area contributed by atoms with Crippen molar-refractivity contribution >= 4 is 17.8 Å². The van der Waals surface area contributed by atoms with Gasteiger partial charge in [-0.3, -0.25) is 9.59 Å². The monoisotopic (exact) mass is 398 g/mol. The lowest BCUT2D eigenvalue weighted by molar-refractivity contribution is -0.124. The Morgan fingerprint density at radius 3 is 2.17 bits per heavy atom. The molecule has 0 aliphatic rings. The van der Waals surface area contributed by atoms with E-state index >= 15 is 0 Å². The maximum absolute atomic E-state index is 12.1. The third kappa shape index (κ3) is 6.95. The number of carbonyl (C=O) groups excluding carboxylic acids is 3. The number of carbonyl (C=O) groups is 3. The van der Waals surface area contributed by atoms with Gasteiger partial charge < -0.3 is 20.1 Å². The molecule has 0 aliphatic heterocycles. The van der Waals surface area contributed by atoms with Gasteiger partial charge >= 0.3 is 5.97 Å². The van der Waals surface area contributed by atoms with Crippen LogP contribution in [-0.4, -0.2) is 37.0 Å². The zero-order valence-corrected chi connectivity index (χ0v) is 17.1. The van der Waals surface area contributed by atoms with Gasteiger partial charge in [-0.1, -0.05) is 18.2 Å². The van der Waals surface area contributed by atoms with Gasteiger partial charge in [-0.25, -0.2) is 4.79 Å². The summed E-state index contributed by atoms with van der Waals surface area (Å²) in [6.45, 7) is 5.51. The summed E-state index contributed by atoms with van der Waals surface area (Å²) in [5, 5.41) is 5.52. The van der Waals surface area contributed by atoms with Gasteiger partial charge in [0.2, 0.25) is 0 Å². The van der Waals surface area contributed by atoms with Gasteiger partial charge in [-0.15, -0.1) is 0 Å². The van der Waals surface area contributed by atoms with Gasteiger partial charge in [0.1, 0.15) is 5.75 Å². The fourth-order valence-corrected chi connectivity index (χ4v) is 2.48. The lowest BCUT2D eigenvalue weighted by Crippen LogP contribution is -2.40. The second-order valence-corrected chi connectivity index (χ2v) is 7.45. The minimum absolute atomic E-state index is 0.229. The average Bonchev–Trinajstić information content (AvgIpc) is 2.69. The van der Waals surface area contributed by atoms with Crippen LogP contribution in [-0.2, 0) is 16.1 Å². The zero-order valence-electron chi connectivity index (χ0n) is 17.1. The molecule has 2 aromatic rings. The zero-order chi connectivity index (χ0) is 21.4. The summed E-state index contributed by atoms with van der Waals surface area (Å²) in [7, 11) is 1.56. The van der Waals surface area contributed by atoms with E-state index < -0.39 is 18.5 Å². The Hall–Kier alpha value is -3.35. The van der Waals surface area contributed by atoms with Crippen molar-refractivity contribution in [1.82, 2.24) is 10.6 Å². The highest BCUT2D eigenvalue weighted by molar-refractivity contribution is 5.96. The molecule has 7 heteroatoms. The molecule has 0 bridgehead atoms. The van der Waals surface area contributed by atoms with Crippen LogP contribution in [0.4, 0.5) is 0 Å². The van der Waals surface area contributed by atoms with Crippen molar-refractivity contribution in [2.75, 3.05) is 13.7 Å². The molecule has 0 unspecified atom stereocenters. The van der Waals surface area contributed by atoms with Crippen molar-refractivity contribution in [2.24, 2.45) is 0 Å². The van der Waals surface area contributed by atoms with Gasteiger partial charge in [0, 0.05) is 23.2 Å². The molecule has 0 saturated carbocycles. The number of ether oxygens (including phenoxy) is 2. The Labute approximate surface area is 170 Å². The van der Waals surface area contributed by atoms with E-state index in [1.54, 1.807) is 25.3 Å². The van der Waals surface area contributed by atoms with Crippen LogP contribution in [0.15, 0.2) is 48.5 Å². The molecule has 0 atom stereocenters. The van der Waals surface area contributed by atoms with E-state index in [-0.39, 0.29) is 23.6 Å². The quantitative estimate of drug-likeness (QED) is 0.700. The number of para-hydroxylation sites is 1. The number of methoxy groups -OCH3 is 1. The van der Waals surface area contributed by atoms with E-state index in [0.717, 1.165) is 5.56 Å². The normalized spacial score (nSPS) is 10.8. The standard InChI is InChI=1S/C22H26N2O5/c1-22(2,3)24-20(26)15-9-11-16(12-10-15)21(27)29-14-19(25)23-13-17-7-5-6-8-18(17)28-4/h5-12H,13-14H2,1-4H3,(H,23,25)(H,24,26). The van der Waals surface area contributed by atoms with Crippen LogP contribution in [0.1, 0.15) is 47.1 Å². The summed E-state index contributed by atoms with van der Waals surface area (Å²) in [5.41, 5.74) is 1.16. The maximum atomic E-state index is 12.1. The smallest absolute Gasteiger partial charge is 0.338 e. The molecule has 2 N–H and O–H groups in total. The first-order chi connectivity index (χ1) is 13.7. The molecule has 0 aromatic heterocycles. The van der Waals surface area contributed by atoms with Crippen molar-refractivity contribution in [3.8, 4) is 5.75 Å². The van der Waals surface area contributed by atoms with Crippen molar-refractivity contribution in [1.29, 1.82) is 0 Å². The average molecular weight is 398 g/mol. The highest BCUT2D eigenvalue weighted by atomic mass is 16.5. The first-order valence-electron chi connectivity index (χ1n) is 9.18. The SMILES string of the molecule is COc1ccccc1CNC(=O)COC(=O)c1ccc(C(=O)NC(C)(C)C)cc1. The van der Waals surface area contributed by atoms with Gasteiger partial charge in [-0.05, 0) is 51.1 Å². The van der Waals surface area contributed by atoms with E-state index in [0.29, 0.717) is 11.3 Å². The topological polar surface area (TPSA) is 93.7 Å². The number of benzene rings is 2. The minimum atomic E-state index is -0.639. The van der Waals surface area contributed by atoms with Crippen LogP contribution in [0, 0.1) is 0 Å². The van der Waals surface area contributed by atoms with E-state index in [9.17, 15) is 14.4 Å². The van der Waals surface area contributed by atoms with Crippen LogP contribution in [0.5, 0.6) is 5.75 Å². The number of hydrogen-bond donors (Lipinski definition) is 2. The molecule has 2 amide bonds. The largest absolute Gasteiger partial charge is 0.496 e. The molecule has 0 heterocycles. The molecule has 0 aliphatic carbocycles. The summed E-state index contributed by atoms with van der Waals surface area (Å²) in [6.07, 6.45) is 0. The van der Waals surface area contributed by atoms with Gasteiger partial charge in [-0.2, -0.15) is 0 Å².